The third-order valence-electron chi connectivity index (χ3n) is 6.31. The van der Waals surface area contributed by atoms with Crippen LogP contribution in [0.5, 0.6) is 0 Å². The fraction of sp³-hybridized carbons (Fsp3) is 0.360. The van der Waals surface area contributed by atoms with Gasteiger partial charge in [-0.15, -0.1) is 5.10 Å². The Kier molecular flexibility index (Phi) is 7.50. The predicted molar refractivity (Wildman–Crippen MR) is 123 cm³/mol. The molecule has 0 fully saturated rings. The second-order valence-corrected chi connectivity index (χ2v) is 8.85. The number of hydroxylamine groups is 1. The molecule has 35 heavy (non-hydrogen) atoms. The lowest BCUT2D eigenvalue weighted by molar-refractivity contribution is -0.130. The molecule has 10 heteroatoms. The Morgan fingerprint density at radius 2 is 1.86 bits per heavy atom. The van der Waals surface area contributed by atoms with Crippen LogP contribution < -0.4 is 10.8 Å². The maximum absolute atomic E-state index is 13.5. The van der Waals surface area contributed by atoms with E-state index >= 15 is 0 Å². The number of aromatic nitrogens is 3. The van der Waals surface area contributed by atoms with Crippen molar-refractivity contribution in [3.63, 3.8) is 0 Å². The molecule has 2 aromatic carbocycles. The molecule has 4 rings (SSSR count). The van der Waals surface area contributed by atoms with E-state index in [0.29, 0.717) is 12.1 Å². The third-order valence-corrected chi connectivity index (χ3v) is 6.31. The van der Waals surface area contributed by atoms with Crippen LogP contribution in [0.15, 0.2) is 42.6 Å². The Morgan fingerprint density at radius 3 is 2.60 bits per heavy atom. The number of benzene rings is 2. The van der Waals surface area contributed by atoms with Gasteiger partial charge in [-0.3, -0.25) is 14.8 Å². The fourth-order valence-corrected chi connectivity index (χ4v) is 4.36. The van der Waals surface area contributed by atoms with Gasteiger partial charge in [0.1, 0.15) is 5.69 Å². The molecule has 8 nitrogen and oxygen atoms in total. The predicted octanol–water partition coefficient (Wildman–Crippen LogP) is 3.61. The van der Waals surface area contributed by atoms with E-state index in [2.05, 4.69) is 33.8 Å². The van der Waals surface area contributed by atoms with Crippen molar-refractivity contribution >= 4 is 11.8 Å². The van der Waals surface area contributed by atoms with E-state index in [9.17, 15) is 18.4 Å². The lowest BCUT2D eigenvalue weighted by atomic mass is 9.89. The van der Waals surface area contributed by atoms with Crippen LogP contribution in [-0.4, -0.2) is 32.0 Å². The maximum atomic E-state index is 13.5. The first-order valence-electron chi connectivity index (χ1n) is 11.5. The number of aryl methyl sites for hydroxylation is 2. The Labute approximate surface area is 201 Å². The molecular weight excluding hydrogens is 456 g/mol. The summed E-state index contributed by atoms with van der Waals surface area (Å²) >= 11 is 0. The zero-order valence-electron chi connectivity index (χ0n) is 19.3. The molecular formula is C25H27F2N5O3. The van der Waals surface area contributed by atoms with Crippen LogP contribution >= 0.6 is 0 Å². The molecule has 184 valence electrons. The first-order chi connectivity index (χ1) is 16.8. The average Bonchev–Trinajstić information content (AvgIpc) is 3.35. The van der Waals surface area contributed by atoms with Gasteiger partial charge in [-0.05, 0) is 73.9 Å². The minimum absolute atomic E-state index is 0.0203. The zero-order valence-corrected chi connectivity index (χ0v) is 19.3. The number of hydrogen-bond acceptors (Lipinski definition) is 5. The number of nitrogens with zero attached hydrogens (tertiary/aromatic N) is 3. The molecule has 3 N–H and O–H groups in total. The number of fused-ring (bicyclic) bond motifs is 1. The van der Waals surface area contributed by atoms with E-state index in [1.807, 2.05) is 0 Å². The third kappa shape index (κ3) is 5.89. The largest absolute Gasteiger partial charge is 0.344 e. The van der Waals surface area contributed by atoms with Crippen LogP contribution in [0.4, 0.5) is 8.78 Å². The van der Waals surface area contributed by atoms with Crippen molar-refractivity contribution in [2.45, 2.75) is 57.5 Å². The summed E-state index contributed by atoms with van der Waals surface area (Å²) in [5.74, 6) is -3.28. The topological polar surface area (TPSA) is 109 Å². The van der Waals surface area contributed by atoms with Crippen molar-refractivity contribution in [2.75, 3.05) is 0 Å². The van der Waals surface area contributed by atoms with E-state index in [1.54, 1.807) is 23.3 Å². The quantitative estimate of drug-likeness (QED) is 0.335. The number of amides is 2. The van der Waals surface area contributed by atoms with Crippen molar-refractivity contribution in [1.29, 1.82) is 0 Å². The average molecular weight is 484 g/mol. The van der Waals surface area contributed by atoms with Crippen LogP contribution in [0.1, 0.15) is 71.0 Å². The summed E-state index contributed by atoms with van der Waals surface area (Å²) in [5, 5.41) is 20.0. The van der Waals surface area contributed by atoms with Crippen LogP contribution in [-0.2, 0) is 24.1 Å². The van der Waals surface area contributed by atoms with Crippen LogP contribution in [0.2, 0.25) is 0 Å². The highest BCUT2D eigenvalue weighted by atomic mass is 19.2. The number of carbonyl (C=O) groups excluding carboxylic acids is 2. The molecule has 1 heterocycles. The van der Waals surface area contributed by atoms with Crippen molar-refractivity contribution in [3.8, 4) is 0 Å². The van der Waals surface area contributed by atoms with E-state index < -0.39 is 35.5 Å². The second kappa shape index (κ2) is 10.7. The monoisotopic (exact) mass is 483 g/mol. The van der Waals surface area contributed by atoms with Gasteiger partial charge < -0.3 is 5.32 Å². The van der Waals surface area contributed by atoms with Crippen molar-refractivity contribution < 1.29 is 23.6 Å². The maximum Gasteiger partial charge on any atom is 0.251 e. The molecule has 0 spiro atoms. The summed E-state index contributed by atoms with van der Waals surface area (Å²) in [6.07, 6.45) is 6.57. The van der Waals surface area contributed by atoms with E-state index in [0.717, 1.165) is 37.0 Å². The lowest BCUT2D eigenvalue weighted by Gasteiger charge is -2.20. The van der Waals surface area contributed by atoms with Gasteiger partial charge in [-0.2, -0.15) is 0 Å². The smallest absolute Gasteiger partial charge is 0.251 e. The lowest BCUT2D eigenvalue weighted by Crippen LogP contribution is -2.27. The minimum atomic E-state index is -1.11. The summed E-state index contributed by atoms with van der Waals surface area (Å²) < 4.78 is 28.2. The van der Waals surface area contributed by atoms with Gasteiger partial charge in [-0.1, -0.05) is 23.4 Å². The molecule has 2 amide bonds. The number of nitrogens with one attached hydrogen (secondary N) is 2. The molecule has 2 atom stereocenters. The molecule has 1 aliphatic carbocycles. The number of carbonyl (C=O) groups is 2. The SMILES string of the molecule is CC(NC(=O)c1ccc(F)c(F)c1)c1cn([C@@H](CC(=O)NO)Cc2ccc3c(c2)CCCC3)nn1. The highest BCUT2D eigenvalue weighted by Gasteiger charge is 2.22. The number of rotatable bonds is 8. The van der Waals surface area contributed by atoms with Crippen LogP contribution in [0.25, 0.3) is 0 Å². The molecule has 1 unspecified atom stereocenters. The Bertz CT molecular complexity index is 1230. The van der Waals surface area contributed by atoms with Gasteiger partial charge in [0, 0.05) is 5.56 Å². The van der Waals surface area contributed by atoms with Crippen molar-refractivity contribution in [1.82, 2.24) is 25.8 Å². The summed E-state index contributed by atoms with van der Waals surface area (Å²) in [4.78, 5) is 24.4. The Morgan fingerprint density at radius 1 is 1.09 bits per heavy atom. The van der Waals surface area contributed by atoms with E-state index in [1.165, 1.54) is 23.6 Å². The molecule has 0 saturated carbocycles. The standard InChI is InChI=1S/C25H27F2N5O3/c1-15(28-25(34)19-8-9-21(26)22(27)12-19)23-14-32(31-29-23)20(13-24(33)30-35)11-16-6-7-17-4-2-3-5-18(17)10-16/h6-10,12,14-15,20,35H,2-5,11,13H2,1H3,(H,28,34)(H,30,33)/t15?,20-/m1/s1. The highest BCUT2D eigenvalue weighted by molar-refractivity contribution is 5.94. The first-order valence-corrected chi connectivity index (χ1v) is 11.5. The van der Waals surface area contributed by atoms with Gasteiger partial charge in [0.25, 0.3) is 5.91 Å². The zero-order chi connectivity index (χ0) is 24.9. The number of hydrogen-bond donors (Lipinski definition) is 3. The minimum Gasteiger partial charge on any atom is -0.344 e. The summed E-state index contributed by atoms with van der Waals surface area (Å²) in [6.45, 7) is 1.69. The fourth-order valence-electron chi connectivity index (χ4n) is 4.36. The van der Waals surface area contributed by atoms with Gasteiger partial charge in [0.15, 0.2) is 11.6 Å². The molecule has 3 aromatic rings. The molecule has 1 aliphatic rings. The summed E-state index contributed by atoms with van der Waals surface area (Å²) in [7, 11) is 0. The number of halogens is 2. The van der Waals surface area contributed by atoms with Crippen molar-refractivity contribution in [2.24, 2.45) is 0 Å². The summed E-state index contributed by atoms with van der Waals surface area (Å²) in [6, 6.07) is 8.27. The van der Waals surface area contributed by atoms with Gasteiger partial charge in [0.2, 0.25) is 5.91 Å². The van der Waals surface area contributed by atoms with Gasteiger partial charge >= 0.3 is 0 Å². The molecule has 0 radical (unpaired) electrons. The Hall–Kier alpha value is -3.66. The Balaban J connectivity index is 1.49. The molecule has 0 aliphatic heterocycles. The molecule has 0 saturated heterocycles. The van der Waals surface area contributed by atoms with E-state index in [-0.39, 0.29) is 12.0 Å². The van der Waals surface area contributed by atoms with Crippen LogP contribution in [0.3, 0.4) is 0 Å². The highest BCUT2D eigenvalue weighted by Crippen LogP contribution is 2.25. The molecule has 0 bridgehead atoms. The second-order valence-electron chi connectivity index (χ2n) is 8.85. The van der Waals surface area contributed by atoms with Crippen molar-refractivity contribution in [3.05, 3.63) is 82.2 Å². The normalized spacial score (nSPS) is 14.6. The summed E-state index contributed by atoms with van der Waals surface area (Å²) in [5.41, 5.74) is 5.82. The molecule has 1 aromatic heterocycles. The van der Waals surface area contributed by atoms with E-state index in [4.69, 9.17) is 5.21 Å². The van der Waals surface area contributed by atoms with Gasteiger partial charge in [0.05, 0.1) is 24.7 Å². The van der Waals surface area contributed by atoms with Gasteiger partial charge in [-0.25, -0.2) is 18.9 Å². The first kappa shape index (κ1) is 24.5. The van der Waals surface area contributed by atoms with Crippen LogP contribution in [0, 0.1) is 11.6 Å².